The Hall–Kier alpha value is -2.36. The molecule has 0 spiro atoms. The number of carbonyl (C=O) groups excluding carboxylic acids is 1. The van der Waals surface area contributed by atoms with E-state index in [0.717, 1.165) is 5.56 Å². The molecule has 98 valence electrons. The van der Waals surface area contributed by atoms with Crippen LogP contribution in [-0.2, 0) is 0 Å². The third-order valence-corrected chi connectivity index (χ3v) is 2.71. The second-order valence-electron chi connectivity index (χ2n) is 4.47. The van der Waals surface area contributed by atoms with Crippen LogP contribution in [0.4, 0.5) is 0 Å². The molecule has 0 saturated heterocycles. The van der Waals surface area contributed by atoms with E-state index in [1.165, 1.54) is 6.26 Å². The largest absolute Gasteiger partial charge is 0.469 e. The molecule has 2 heterocycles. The topological polar surface area (TPSA) is 46.3 Å². The summed E-state index contributed by atoms with van der Waals surface area (Å²) in [6.45, 7) is 1.78. The molecule has 2 rings (SSSR count). The van der Waals surface area contributed by atoms with Gasteiger partial charge in [-0.2, -0.15) is 0 Å². The fraction of sp³-hybridized carbons (Fsp3) is 0.200. The lowest BCUT2D eigenvalue weighted by atomic mass is 9.99. The first-order valence-corrected chi connectivity index (χ1v) is 5.97. The molecule has 0 aliphatic carbocycles. The van der Waals surface area contributed by atoms with E-state index >= 15 is 0 Å². The number of hydrogen-bond donors (Lipinski definition) is 0. The molecule has 19 heavy (non-hydrogen) atoms. The molecule has 0 aliphatic rings. The molecular weight excluding hydrogens is 240 g/mol. The first-order valence-electron chi connectivity index (χ1n) is 5.97. The Morgan fingerprint density at radius 1 is 1.37 bits per heavy atom. The maximum absolute atomic E-state index is 12.6. The van der Waals surface area contributed by atoms with Gasteiger partial charge in [0.05, 0.1) is 11.8 Å². The van der Waals surface area contributed by atoms with Crippen molar-refractivity contribution >= 4 is 11.4 Å². The Balaban J connectivity index is 2.46. The zero-order valence-electron chi connectivity index (χ0n) is 11.3. The van der Waals surface area contributed by atoms with Gasteiger partial charge >= 0.3 is 0 Å². The van der Waals surface area contributed by atoms with Gasteiger partial charge < -0.3 is 9.32 Å². The van der Waals surface area contributed by atoms with Crippen molar-refractivity contribution in [2.45, 2.75) is 6.92 Å². The molecule has 0 aromatic carbocycles. The molecule has 2 aromatic heterocycles. The smallest absolute Gasteiger partial charge is 0.198 e. The highest BCUT2D eigenvalue weighted by Crippen LogP contribution is 2.22. The minimum absolute atomic E-state index is 0.0621. The second-order valence-corrected chi connectivity index (χ2v) is 4.47. The molecule has 4 heteroatoms. The number of ketones is 1. The summed E-state index contributed by atoms with van der Waals surface area (Å²) < 4.78 is 5.20. The SMILES string of the molecule is Cc1occc1C(=O)/C(=C/N(C)C)c1cccnc1. The summed E-state index contributed by atoms with van der Waals surface area (Å²) in [4.78, 5) is 18.5. The minimum atomic E-state index is -0.0621. The highest BCUT2D eigenvalue weighted by molar-refractivity contribution is 6.29. The quantitative estimate of drug-likeness (QED) is 0.623. The standard InChI is InChI=1S/C15H16N2O2/c1-11-13(6-8-19-11)15(18)14(10-17(2)3)12-5-4-7-16-9-12/h4-10H,1-3H3/b14-10+. The van der Waals surface area contributed by atoms with Gasteiger partial charge in [-0.15, -0.1) is 0 Å². The molecule has 0 bridgehead atoms. The van der Waals surface area contributed by atoms with Crippen LogP contribution in [0.5, 0.6) is 0 Å². The van der Waals surface area contributed by atoms with E-state index in [0.29, 0.717) is 16.9 Å². The number of hydrogen-bond acceptors (Lipinski definition) is 4. The van der Waals surface area contributed by atoms with Crippen LogP contribution in [0.2, 0.25) is 0 Å². The highest BCUT2D eigenvalue weighted by atomic mass is 16.3. The van der Waals surface area contributed by atoms with Crippen molar-refractivity contribution in [3.63, 3.8) is 0 Å². The molecule has 0 unspecified atom stereocenters. The van der Waals surface area contributed by atoms with Gasteiger partial charge in [0.2, 0.25) is 0 Å². The van der Waals surface area contributed by atoms with Crippen molar-refractivity contribution in [3.8, 4) is 0 Å². The first-order chi connectivity index (χ1) is 9.09. The molecular formula is C15H16N2O2. The van der Waals surface area contributed by atoms with Crippen molar-refractivity contribution in [3.05, 3.63) is 59.9 Å². The van der Waals surface area contributed by atoms with Crippen LogP contribution in [0.15, 0.2) is 47.5 Å². The molecule has 0 saturated carbocycles. The number of carbonyl (C=O) groups is 1. The summed E-state index contributed by atoms with van der Waals surface area (Å²) >= 11 is 0. The lowest BCUT2D eigenvalue weighted by Gasteiger charge is -2.11. The van der Waals surface area contributed by atoms with Crippen molar-refractivity contribution in [1.29, 1.82) is 0 Å². The predicted molar refractivity (Wildman–Crippen MR) is 73.7 cm³/mol. The van der Waals surface area contributed by atoms with Gasteiger partial charge in [-0.25, -0.2) is 0 Å². The Morgan fingerprint density at radius 2 is 2.16 bits per heavy atom. The van der Waals surface area contributed by atoms with E-state index in [4.69, 9.17) is 4.42 Å². The van der Waals surface area contributed by atoms with Crippen LogP contribution in [-0.4, -0.2) is 29.8 Å². The summed E-state index contributed by atoms with van der Waals surface area (Å²) in [5, 5.41) is 0. The maximum Gasteiger partial charge on any atom is 0.198 e. The van der Waals surface area contributed by atoms with Crippen molar-refractivity contribution in [2.75, 3.05) is 14.1 Å². The zero-order valence-corrected chi connectivity index (χ0v) is 11.3. The van der Waals surface area contributed by atoms with Crippen LogP contribution >= 0.6 is 0 Å². The summed E-state index contributed by atoms with van der Waals surface area (Å²) in [6.07, 6.45) is 6.69. The van der Waals surface area contributed by atoms with Crippen molar-refractivity contribution in [2.24, 2.45) is 0 Å². The average molecular weight is 256 g/mol. The molecule has 0 atom stereocenters. The van der Waals surface area contributed by atoms with Crippen molar-refractivity contribution in [1.82, 2.24) is 9.88 Å². The molecule has 4 nitrogen and oxygen atoms in total. The van der Waals surface area contributed by atoms with Gasteiger partial charge in [0.25, 0.3) is 0 Å². The van der Waals surface area contributed by atoms with Crippen molar-refractivity contribution < 1.29 is 9.21 Å². The summed E-state index contributed by atoms with van der Waals surface area (Å²) in [7, 11) is 3.76. The van der Waals surface area contributed by atoms with Crippen LogP contribution in [0.3, 0.4) is 0 Å². The lowest BCUT2D eigenvalue weighted by Crippen LogP contribution is -2.09. The number of pyridine rings is 1. The third-order valence-electron chi connectivity index (χ3n) is 2.71. The van der Waals surface area contributed by atoms with Crippen LogP contribution in [0, 0.1) is 6.92 Å². The monoisotopic (exact) mass is 256 g/mol. The number of allylic oxidation sites excluding steroid dienone is 1. The van der Waals surface area contributed by atoms with Crippen LogP contribution < -0.4 is 0 Å². The number of furan rings is 1. The van der Waals surface area contributed by atoms with E-state index in [1.807, 2.05) is 31.1 Å². The summed E-state index contributed by atoms with van der Waals surface area (Å²) in [5.41, 5.74) is 1.97. The van der Waals surface area contributed by atoms with E-state index in [1.54, 1.807) is 31.6 Å². The second kappa shape index (κ2) is 5.52. The highest BCUT2D eigenvalue weighted by Gasteiger charge is 2.18. The summed E-state index contributed by atoms with van der Waals surface area (Å²) in [5.74, 6) is 0.562. The van der Waals surface area contributed by atoms with Gasteiger partial charge in [0.15, 0.2) is 5.78 Å². The van der Waals surface area contributed by atoms with E-state index in [-0.39, 0.29) is 5.78 Å². The predicted octanol–water partition coefficient (Wildman–Crippen LogP) is 2.77. The minimum Gasteiger partial charge on any atom is -0.469 e. The number of nitrogens with zero attached hydrogens (tertiary/aromatic N) is 2. The maximum atomic E-state index is 12.6. The average Bonchev–Trinajstić information content (AvgIpc) is 2.82. The number of Topliss-reactive ketones (excluding diaryl/α,β-unsaturated/α-hetero) is 1. The molecule has 2 aromatic rings. The summed E-state index contributed by atoms with van der Waals surface area (Å²) in [6, 6.07) is 5.38. The Morgan fingerprint density at radius 3 is 2.68 bits per heavy atom. The van der Waals surface area contributed by atoms with Crippen LogP contribution in [0.1, 0.15) is 21.7 Å². The fourth-order valence-corrected chi connectivity index (χ4v) is 1.81. The van der Waals surface area contributed by atoms with Gasteiger partial charge in [-0.05, 0) is 19.1 Å². The number of aromatic nitrogens is 1. The van der Waals surface area contributed by atoms with Gasteiger partial charge in [0.1, 0.15) is 5.76 Å². The molecule has 0 aliphatic heterocycles. The molecule has 0 amide bonds. The molecule has 0 N–H and O–H groups in total. The third kappa shape index (κ3) is 2.91. The zero-order chi connectivity index (χ0) is 13.8. The van der Waals surface area contributed by atoms with E-state index in [2.05, 4.69) is 4.98 Å². The lowest BCUT2D eigenvalue weighted by molar-refractivity contribution is 0.105. The molecule has 0 radical (unpaired) electrons. The van der Waals surface area contributed by atoms with Crippen LogP contribution in [0.25, 0.3) is 5.57 Å². The Bertz CT molecular complexity index is 598. The molecule has 0 fully saturated rings. The van der Waals surface area contributed by atoms with E-state index in [9.17, 15) is 4.79 Å². The number of rotatable bonds is 4. The first kappa shape index (κ1) is 13.1. The number of aryl methyl sites for hydroxylation is 1. The van der Waals surface area contributed by atoms with E-state index < -0.39 is 0 Å². The van der Waals surface area contributed by atoms with Gasteiger partial charge in [-0.1, -0.05) is 6.07 Å². The Labute approximate surface area is 112 Å². The fourth-order valence-electron chi connectivity index (χ4n) is 1.81. The normalized spacial score (nSPS) is 11.4. The van der Waals surface area contributed by atoms with Gasteiger partial charge in [0, 0.05) is 43.8 Å². The van der Waals surface area contributed by atoms with Gasteiger partial charge in [-0.3, -0.25) is 9.78 Å². The Kier molecular flexibility index (Phi) is 3.80.